The molecule has 1 aromatic heterocycles. The molecule has 0 amide bonds. The molecule has 9 nitrogen and oxygen atoms in total. The quantitative estimate of drug-likeness (QED) is 0.465. The van der Waals surface area contributed by atoms with Gasteiger partial charge in [-0.3, -0.25) is 20.6 Å². The lowest BCUT2D eigenvalue weighted by Crippen LogP contribution is -2.51. The molecule has 0 radical (unpaired) electrons. The fourth-order valence-corrected chi connectivity index (χ4v) is 1.59. The van der Waals surface area contributed by atoms with E-state index in [0.717, 1.165) is 11.3 Å². The van der Waals surface area contributed by atoms with Gasteiger partial charge in [0.15, 0.2) is 0 Å². The maximum absolute atomic E-state index is 10.7. The lowest BCUT2D eigenvalue weighted by atomic mass is 10.1. The van der Waals surface area contributed by atoms with Crippen LogP contribution in [-0.4, -0.2) is 33.9 Å². The number of hydrogen-bond acceptors (Lipinski definition) is 6. The third-order valence-corrected chi connectivity index (χ3v) is 2.75. The second kappa shape index (κ2) is 6.66. The Morgan fingerprint density at radius 3 is 2.86 bits per heavy atom. The molecule has 6 N–H and O–H groups in total. The molecule has 0 unspecified atom stereocenters. The summed E-state index contributed by atoms with van der Waals surface area (Å²) in [6.07, 6.45) is 1.86. The van der Waals surface area contributed by atoms with E-state index < -0.39 is 12.0 Å². The van der Waals surface area contributed by atoms with Crippen LogP contribution in [0.15, 0.2) is 28.4 Å². The van der Waals surface area contributed by atoms with Gasteiger partial charge >= 0.3 is 5.97 Å². The molecule has 0 fully saturated rings. The van der Waals surface area contributed by atoms with Crippen LogP contribution < -0.4 is 22.0 Å². The van der Waals surface area contributed by atoms with E-state index >= 15 is 0 Å². The van der Waals surface area contributed by atoms with Crippen molar-refractivity contribution in [2.24, 2.45) is 15.8 Å². The zero-order valence-electron chi connectivity index (χ0n) is 11.5. The Hall–Kier alpha value is -2.68. The van der Waals surface area contributed by atoms with Crippen molar-refractivity contribution in [3.05, 3.63) is 29.6 Å². The number of aliphatic imine (C=N–C) groups is 1. The van der Waals surface area contributed by atoms with Gasteiger partial charge in [0.1, 0.15) is 11.9 Å². The van der Waals surface area contributed by atoms with Crippen LogP contribution in [0.2, 0.25) is 0 Å². The summed E-state index contributed by atoms with van der Waals surface area (Å²) in [5.74, 6) is 0.189. The fourth-order valence-electron chi connectivity index (χ4n) is 1.59. The van der Waals surface area contributed by atoms with Crippen molar-refractivity contribution in [2.75, 3.05) is 0 Å². The zero-order valence-corrected chi connectivity index (χ0v) is 11.5. The third-order valence-electron chi connectivity index (χ3n) is 2.75. The number of carbonyl (C=O) groups is 1. The second-order valence-corrected chi connectivity index (χ2v) is 4.53. The van der Waals surface area contributed by atoms with E-state index in [9.17, 15) is 4.79 Å². The van der Waals surface area contributed by atoms with Crippen LogP contribution in [-0.2, 0) is 17.8 Å². The molecular weight excluding hydrogens is 274 g/mol. The lowest BCUT2D eigenvalue weighted by molar-refractivity contribution is -0.138. The molecule has 9 heteroatoms. The summed E-state index contributed by atoms with van der Waals surface area (Å²) in [5.41, 5.74) is 15.4. The number of aromatic nitrogens is 1. The van der Waals surface area contributed by atoms with Gasteiger partial charge in [0.05, 0.1) is 12.2 Å². The van der Waals surface area contributed by atoms with Crippen molar-refractivity contribution in [3.8, 4) is 0 Å². The summed E-state index contributed by atoms with van der Waals surface area (Å²) in [6, 6.07) is 2.67. The normalized spacial score (nSPS) is 17.2. The zero-order chi connectivity index (χ0) is 15.2. The second-order valence-electron chi connectivity index (χ2n) is 4.53. The first-order chi connectivity index (χ1) is 10.0. The number of aliphatic carboxylic acids is 1. The van der Waals surface area contributed by atoms with Crippen molar-refractivity contribution >= 4 is 17.8 Å². The van der Waals surface area contributed by atoms with Crippen LogP contribution in [0.4, 0.5) is 0 Å². The summed E-state index contributed by atoms with van der Waals surface area (Å²) in [5, 5.41) is 12.7. The van der Waals surface area contributed by atoms with Crippen LogP contribution in [0, 0.1) is 0 Å². The molecule has 1 aliphatic rings. The standard InChI is InChI=1S/C12H17N7O2/c1-7-16-18-12(19-17-7)15-6-9-3-2-8(5-14-9)4-10(13)11(20)21/h2-3,5,10H,4,6,13H2,1H3,(H,16,17)(H,20,21)(H2,15,18,19)/t10-/m0/s1. The first kappa shape index (κ1) is 14.7. The minimum atomic E-state index is -1.02. The largest absolute Gasteiger partial charge is 0.480 e. The minimum Gasteiger partial charge on any atom is -0.480 e. The number of nitrogens with two attached hydrogens (primary N) is 1. The van der Waals surface area contributed by atoms with Crippen molar-refractivity contribution < 1.29 is 9.90 Å². The first-order valence-corrected chi connectivity index (χ1v) is 6.33. The molecule has 0 saturated carbocycles. The number of amidine groups is 1. The van der Waals surface area contributed by atoms with E-state index in [-0.39, 0.29) is 6.42 Å². The molecular formula is C12H17N7O2. The average Bonchev–Trinajstić information content (AvgIpc) is 2.48. The number of carboxylic acids is 1. The van der Waals surface area contributed by atoms with Crippen molar-refractivity contribution in [1.82, 2.24) is 21.3 Å². The first-order valence-electron chi connectivity index (χ1n) is 6.33. The smallest absolute Gasteiger partial charge is 0.320 e. The maximum atomic E-state index is 10.7. The lowest BCUT2D eigenvalue weighted by Gasteiger charge is -2.16. The van der Waals surface area contributed by atoms with Crippen molar-refractivity contribution in [1.29, 1.82) is 0 Å². The Labute approximate surface area is 121 Å². The Balaban J connectivity index is 1.91. The molecule has 0 aliphatic carbocycles. The highest BCUT2D eigenvalue weighted by Crippen LogP contribution is 2.04. The minimum absolute atomic E-state index is 0.248. The fraction of sp³-hybridized carbons (Fsp3) is 0.333. The van der Waals surface area contributed by atoms with E-state index in [0.29, 0.717) is 18.3 Å². The molecule has 1 aromatic rings. The molecule has 0 spiro atoms. The maximum Gasteiger partial charge on any atom is 0.320 e. The molecule has 2 rings (SSSR count). The number of pyridine rings is 1. The summed E-state index contributed by atoms with van der Waals surface area (Å²) >= 11 is 0. The highest BCUT2D eigenvalue weighted by atomic mass is 16.4. The van der Waals surface area contributed by atoms with Gasteiger partial charge in [-0.15, -0.1) is 0 Å². The van der Waals surface area contributed by atoms with Crippen LogP contribution >= 0.6 is 0 Å². The highest BCUT2D eigenvalue weighted by molar-refractivity contribution is 5.89. The van der Waals surface area contributed by atoms with Crippen LogP contribution in [0.5, 0.6) is 0 Å². The number of hydrazone groups is 1. The molecule has 0 saturated heterocycles. The molecule has 21 heavy (non-hydrogen) atoms. The van der Waals surface area contributed by atoms with Gasteiger partial charge in [-0.1, -0.05) is 6.07 Å². The third kappa shape index (κ3) is 4.42. The van der Waals surface area contributed by atoms with Gasteiger partial charge in [0, 0.05) is 6.20 Å². The van der Waals surface area contributed by atoms with Crippen molar-refractivity contribution in [2.45, 2.75) is 25.9 Å². The molecule has 0 bridgehead atoms. The van der Waals surface area contributed by atoms with E-state index in [1.54, 1.807) is 25.3 Å². The molecule has 112 valence electrons. The Bertz CT molecular complexity index is 567. The number of guanidine groups is 1. The van der Waals surface area contributed by atoms with Gasteiger partial charge in [-0.2, -0.15) is 5.10 Å². The Morgan fingerprint density at radius 1 is 1.48 bits per heavy atom. The van der Waals surface area contributed by atoms with E-state index in [4.69, 9.17) is 10.8 Å². The molecule has 0 aromatic carbocycles. The van der Waals surface area contributed by atoms with E-state index in [2.05, 4.69) is 31.4 Å². The van der Waals surface area contributed by atoms with E-state index in [1.807, 2.05) is 0 Å². The van der Waals surface area contributed by atoms with Gasteiger partial charge in [0.25, 0.3) is 0 Å². The predicted molar refractivity (Wildman–Crippen MR) is 77.2 cm³/mol. The average molecular weight is 291 g/mol. The Kier molecular flexibility index (Phi) is 4.67. The number of hydrazine groups is 1. The van der Waals surface area contributed by atoms with Crippen LogP contribution in [0.1, 0.15) is 18.2 Å². The Morgan fingerprint density at radius 2 is 2.29 bits per heavy atom. The van der Waals surface area contributed by atoms with Gasteiger partial charge < -0.3 is 10.8 Å². The van der Waals surface area contributed by atoms with Crippen LogP contribution in [0.25, 0.3) is 0 Å². The number of hydrogen-bond donors (Lipinski definition) is 5. The summed E-state index contributed by atoms with van der Waals surface area (Å²) < 4.78 is 0. The monoisotopic (exact) mass is 291 g/mol. The molecule has 1 aliphatic heterocycles. The molecule has 2 heterocycles. The van der Waals surface area contributed by atoms with Gasteiger partial charge in [-0.25, -0.2) is 10.4 Å². The van der Waals surface area contributed by atoms with Crippen LogP contribution in [0.3, 0.4) is 0 Å². The summed E-state index contributed by atoms with van der Waals surface area (Å²) in [7, 11) is 0. The van der Waals surface area contributed by atoms with Gasteiger partial charge in [0.2, 0.25) is 5.96 Å². The van der Waals surface area contributed by atoms with Gasteiger partial charge in [-0.05, 0) is 25.0 Å². The number of rotatable bonds is 5. The number of nitrogens with one attached hydrogen (secondary N) is 3. The topological polar surface area (TPSA) is 137 Å². The van der Waals surface area contributed by atoms with E-state index in [1.165, 1.54) is 0 Å². The van der Waals surface area contributed by atoms with Crippen molar-refractivity contribution in [3.63, 3.8) is 0 Å². The SMILES string of the molecule is CC1=NNC(=NCc2ccc(C[C@H](N)C(=O)O)cn2)NN1. The summed E-state index contributed by atoms with van der Waals surface area (Å²) in [4.78, 5) is 19.2. The number of carboxylic acid groups (broad SMARTS) is 1. The highest BCUT2D eigenvalue weighted by Gasteiger charge is 2.12. The predicted octanol–water partition coefficient (Wildman–Crippen LogP) is -1.08. The number of nitrogens with zero attached hydrogens (tertiary/aromatic N) is 3. The molecule has 1 atom stereocenters. The summed E-state index contributed by atoms with van der Waals surface area (Å²) in [6.45, 7) is 2.18.